The van der Waals surface area contributed by atoms with E-state index in [0.29, 0.717) is 0 Å². The van der Waals surface area contributed by atoms with Crippen molar-refractivity contribution in [3.8, 4) is 11.3 Å². The van der Waals surface area contributed by atoms with Gasteiger partial charge in [-0.2, -0.15) is 0 Å². The van der Waals surface area contributed by atoms with Gasteiger partial charge < -0.3 is 4.42 Å². The molecule has 2 nitrogen and oxygen atoms in total. The van der Waals surface area contributed by atoms with Crippen LogP contribution < -0.4 is 4.57 Å². The van der Waals surface area contributed by atoms with E-state index in [4.69, 9.17) is 4.42 Å². The molecule has 5 rings (SSSR count). The second-order valence-electron chi connectivity index (χ2n) is 7.89. The molecule has 1 aliphatic rings. The van der Waals surface area contributed by atoms with Crippen molar-refractivity contribution in [2.45, 2.75) is 13.3 Å². The average molecular weight is 391 g/mol. The number of aryl methyl sites for hydroxylation is 2. The molecule has 2 heterocycles. The SMILES string of the molecule is C=C1C=Cc2oc3c(-c4cccc[n+]4C)c(C)ccc3c2Cc2ccccc2/C=C\1. The summed E-state index contributed by atoms with van der Waals surface area (Å²) in [6, 6.07) is 19.2. The summed E-state index contributed by atoms with van der Waals surface area (Å²) in [6.45, 7) is 6.31. The number of rotatable bonds is 1. The maximum Gasteiger partial charge on any atom is 0.216 e. The fraction of sp³-hybridized carbons (Fsp3) is 0.107. The third-order valence-electron chi connectivity index (χ3n) is 5.86. The van der Waals surface area contributed by atoms with Crippen molar-refractivity contribution in [2.24, 2.45) is 7.05 Å². The number of pyridine rings is 1. The molecule has 2 heteroatoms. The average Bonchev–Trinajstić information content (AvgIpc) is 3.09. The van der Waals surface area contributed by atoms with Crippen LogP contribution in [0.25, 0.3) is 34.4 Å². The van der Waals surface area contributed by atoms with E-state index in [9.17, 15) is 0 Å². The smallest absolute Gasteiger partial charge is 0.216 e. The molecule has 0 unspecified atom stereocenters. The van der Waals surface area contributed by atoms with E-state index in [2.05, 4.69) is 98.1 Å². The number of aromatic nitrogens is 1. The molecule has 4 aromatic rings. The number of hydrogen-bond donors (Lipinski definition) is 0. The molecule has 0 radical (unpaired) electrons. The van der Waals surface area contributed by atoms with Gasteiger partial charge in [0.15, 0.2) is 6.20 Å². The summed E-state index contributed by atoms with van der Waals surface area (Å²) in [4.78, 5) is 0. The maximum absolute atomic E-state index is 6.54. The highest BCUT2D eigenvalue weighted by Gasteiger charge is 2.22. The number of nitrogens with zero attached hydrogens (tertiary/aromatic N) is 1. The number of hydrogen-bond acceptors (Lipinski definition) is 1. The molecule has 0 N–H and O–H groups in total. The highest BCUT2D eigenvalue weighted by molar-refractivity contribution is 5.96. The molecule has 2 aromatic carbocycles. The minimum Gasteiger partial charge on any atom is -0.455 e. The molecule has 0 amide bonds. The molecule has 0 atom stereocenters. The van der Waals surface area contributed by atoms with Gasteiger partial charge in [-0.15, -0.1) is 0 Å². The van der Waals surface area contributed by atoms with Gasteiger partial charge in [0.25, 0.3) is 0 Å². The lowest BCUT2D eigenvalue weighted by Crippen LogP contribution is -2.30. The molecular formula is C28H24NO+. The Labute approximate surface area is 177 Å². The van der Waals surface area contributed by atoms with Gasteiger partial charge in [0, 0.05) is 29.5 Å². The van der Waals surface area contributed by atoms with Crippen LogP contribution in [0.1, 0.15) is 28.0 Å². The second-order valence-corrected chi connectivity index (χ2v) is 7.89. The molecule has 0 fully saturated rings. The van der Waals surface area contributed by atoms with Crippen molar-refractivity contribution in [2.75, 3.05) is 0 Å². The van der Waals surface area contributed by atoms with Gasteiger partial charge in [-0.05, 0) is 41.3 Å². The molecule has 1 aliphatic carbocycles. The fourth-order valence-electron chi connectivity index (χ4n) is 4.23. The highest BCUT2D eigenvalue weighted by Crippen LogP contribution is 2.37. The normalized spacial score (nSPS) is 14.4. The van der Waals surface area contributed by atoms with Crippen LogP contribution >= 0.6 is 0 Å². The Hall–Kier alpha value is -3.65. The Bertz CT molecular complexity index is 1350. The summed E-state index contributed by atoms with van der Waals surface area (Å²) in [5, 5.41) is 1.17. The second kappa shape index (κ2) is 7.31. The number of allylic oxidation sites excluding steroid dienone is 3. The fourth-order valence-corrected chi connectivity index (χ4v) is 4.23. The quantitative estimate of drug-likeness (QED) is 0.343. The minimum atomic E-state index is 0.822. The Morgan fingerprint density at radius 3 is 2.57 bits per heavy atom. The van der Waals surface area contributed by atoms with Gasteiger partial charge in [-0.25, -0.2) is 4.57 Å². The number of fused-ring (bicyclic) bond motifs is 4. The zero-order chi connectivity index (χ0) is 20.7. The molecule has 146 valence electrons. The maximum atomic E-state index is 6.54. The lowest BCUT2D eigenvalue weighted by atomic mass is 9.94. The molecular weight excluding hydrogens is 366 g/mol. The van der Waals surface area contributed by atoms with Gasteiger partial charge >= 0.3 is 0 Å². The van der Waals surface area contributed by atoms with Crippen molar-refractivity contribution >= 4 is 23.1 Å². The topological polar surface area (TPSA) is 17.0 Å². The van der Waals surface area contributed by atoms with Crippen LogP contribution in [0.2, 0.25) is 0 Å². The van der Waals surface area contributed by atoms with Gasteiger partial charge in [0.05, 0.1) is 5.56 Å². The van der Waals surface area contributed by atoms with Crippen molar-refractivity contribution in [3.63, 3.8) is 0 Å². The first kappa shape index (κ1) is 18.4. The number of benzene rings is 2. The van der Waals surface area contributed by atoms with E-state index in [1.165, 1.54) is 27.6 Å². The standard InChI is InChI=1S/C28H24NO/c1-19-11-14-21-8-4-5-9-22(21)18-24-23-15-13-20(2)27(25-10-6-7-17-29(25)3)28(23)30-26(24)16-12-19/h4-17H,1,18H2,2-3H3/q+1/b14-11-,16-12?. The Morgan fingerprint density at radius 2 is 1.70 bits per heavy atom. The van der Waals surface area contributed by atoms with Gasteiger partial charge in [0.2, 0.25) is 5.69 Å². The molecule has 0 aliphatic heterocycles. The van der Waals surface area contributed by atoms with Crippen LogP contribution in [-0.2, 0) is 13.5 Å². The first-order chi connectivity index (χ1) is 14.6. The van der Waals surface area contributed by atoms with E-state index in [1.54, 1.807) is 0 Å². The summed E-state index contributed by atoms with van der Waals surface area (Å²) in [5.74, 6) is 0.904. The first-order valence-corrected chi connectivity index (χ1v) is 10.2. The van der Waals surface area contributed by atoms with Crippen LogP contribution in [0, 0.1) is 6.92 Å². The first-order valence-electron chi connectivity index (χ1n) is 10.2. The van der Waals surface area contributed by atoms with Crippen molar-refractivity contribution in [1.82, 2.24) is 0 Å². The van der Waals surface area contributed by atoms with Gasteiger partial charge in [-0.1, -0.05) is 61.2 Å². The van der Waals surface area contributed by atoms with Crippen LogP contribution in [-0.4, -0.2) is 0 Å². The third-order valence-corrected chi connectivity index (χ3v) is 5.86. The molecule has 0 spiro atoms. The van der Waals surface area contributed by atoms with E-state index in [1.807, 2.05) is 12.1 Å². The Kier molecular flexibility index (Phi) is 4.48. The molecule has 0 bridgehead atoms. The predicted molar refractivity (Wildman–Crippen MR) is 124 cm³/mol. The summed E-state index contributed by atoms with van der Waals surface area (Å²) >= 11 is 0. The monoisotopic (exact) mass is 390 g/mol. The van der Waals surface area contributed by atoms with Crippen LogP contribution in [0.3, 0.4) is 0 Å². The molecule has 2 aromatic heterocycles. The Morgan fingerprint density at radius 1 is 0.900 bits per heavy atom. The summed E-state index contributed by atoms with van der Waals surface area (Å²) in [5.41, 5.74) is 9.12. The Balaban J connectivity index is 1.81. The van der Waals surface area contributed by atoms with E-state index in [0.717, 1.165) is 34.6 Å². The van der Waals surface area contributed by atoms with E-state index < -0.39 is 0 Å². The third kappa shape index (κ3) is 3.11. The van der Waals surface area contributed by atoms with Crippen molar-refractivity contribution in [1.29, 1.82) is 0 Å². The number of furan rings is 1. The van der Waals surface area contributed by atoms with Crippen LogP contribution in [0.4, 0.5) is 0 Å². The lowest BCUT2D eigenvalue weighted by Gasteiger charge is -2.08. The van der Waals surface area contributed by atoms with Gasteiger partial charge in [0.1, 0.15) is 18.4 Å². The minimum absolute atomic E-state index is 0.822. The zero-order valence-electron chi connectivity index (χ0n) is 17.4. The highest BCUT2D eigenvalue weighted by atomic mass is 16.3. The summed E-state index contributed by atoms with van der Waals surface area (Å²) in [7, 11) is 2.08. The van der Waals surface area contributed by atoms with E-state index >= 15 is 0 Å². The van der Waals surface area contributed by atoms with Crippen LogP contribution in [0.5, 0.6) is 0 Å². The van der Waals surface area contributed by atoms with Crippen LogP contribution in [0.15, 0.2) is 89.5 Å². The van der Waals surface area contributed by atoms with Gasteiger partial charge in [-0.3, -0.25) is 0 Å². The zero-order valence-corrected chi connectivity index (χ0v) is 17.4. The molecule has 0 saturated heterocycles. The van der Waals surface area contributed by atoms with E-state index in [-0.39, 0.29) is 0 Å². The summed E-state index contributed by atoms with van der Waals surface area (Å²) in [6.07, 6.45) is 11.2. The predicted octanol–water partition coefficient (Wildman–Crippen LogP) is 6.42. The molecule has 0 saturated carbocycles. The largest absolute Gasteiger partial charge is 0.455 e. The molecule has 30 heavy (non-hydrogen) atoms. The van der Waals surface area contributed by atoms with Crippen molar-refractivity contribution in [3.05, 3.63) is 113 Å². The summed E-state index contributed by atoms with van der Waals surface area (Å²) < 4.78 is 8.69. The lowest BCUT2D eigenvalue weighted by molar-refractivity contribution is -0.660. The van der Waals surface area contributed by atoms with Crippen molar-refractivity contribution < 1.29 is 8.98 Å².